The Balaban J connectivity index is 1.72. The van der Waals surface area contributed by atoms with Gasteiger partial charge in [0.25, 0.3) is 0 Å². The molecule has 135 valence electrons. The van der Waals surface area contributed by atoms with Crippen molar-refractivity contribution in [3.8, 4) is 0 Å². The smallest absolute Gasteiger partial charge is 0.139 e. The summed E-state index contributed by atoms with van der Waals surface area (Å²) in [5.41, 5.74) is 7.23. The Morgan fingerprint density at radius 1 is 1.28 bits per heavy atom. The molecule has 5 heteroatoms. The molecule has 0 aliphatic carbocycles. The van der Waals surface area contributed by atoms with Crippen LogP contribution in [0.25, 0.3) is 10.9 Å². The standard InChI is InChI=1S/C20H29N4O/c21-11-5-1-2-6-12-22-19(15-25)20(10-7-13-23-20)18-14-16-8-3-4-9-17(16)24-18/h3-4,8-9,14-15,19,22,24H,1-2,5-7,10-13,21H2. The molecule has 5 nitrogen and oxygen atoms in total. The Kier molecular flexibility index (Phi) is 6.24. The zero-order valence-electron chi connectivity index (χ0n) is 14.8. The number of hydrogen-bond donors (Lipinski definition) is 3. The van der Waals surface area contributed by atoms with Crippen LogP contribution >= 0.6 is 0 Å². The number of aromatic nitrogens is 1. The van der Waals surface area contributed by atoms with Crippen LogP contribution < -0.4 is 16.4 Å². The van der Waals surface area contributed by atoms with Crippen molar-refractivity contribution in [1.29, 1.82) is 0 Å². The molecule has 2 aromatic rings. The lowest BCUT2D eigenvalue weighted by Crippen LogP contribution is -2.53. The highest BCUT2D eigenvalue weighted by atomic mass is 16.1. The number of para-hydroxylation sites is 1. The molecule has 1 aromatic carbocycles. The molecule has 25 heavy (non-hydrogen) atoms. The van der Waals surface area contributed by atoms with Gasteiger partial charge in [-0.05, 0) is 56.3 Å². The van der Waals surface area contributed by atoms with Crippen LogP contribution in [0.1, 0.15) is 44.2 Å². The number of nitrogens with two attached hydrogens (primary N) is 1. The molecular formula is C20H29N4O. The third-order valence-electron chi connectivity index (χ3n) is 5.25. The number of hydrogen-bond acceptors (Lipinski definition) is 3. The van der Waals surface area contributed by atoms with Crippen LogP contribution in [0.4, 0.5) is 0 Å². The fourth-order valence-electron chi connectivity index (χ4n) is 3.86. The van der Waals surface area contributed by atoms with Crippen molar-refractivity contribution < 1.29 is 4.79 Å². The maximum absolute atomic E-state index is 11.9. The second-order valence-electron chi connectivity index (χ2n) is 6.95. The maximum Gasteiger partial charge on any atom is 0.139 e. The number of rotatable bonds is 10. The monoisotopic (exact) mass is 341 g/mol. The molecule has 2 unspecified atom stereocenters. The van der Waals surface area contributed by atoms with Crippen molar-refractivity contribution in [3.05, 3.63) is 36.0 Å². The molecule has 1 aliphatic heterocycles. The molecular weight excluding hydrogens is 312 g/mol. The van der Waals surface area contributed by atoms with Crippen LogP contribution in [0, 0.1) is 0 Å². The molecule has 1 radical (unpaired) electrons. The summed E-state index contributed by atoms with van der Waals surface area (Å²) < 4.78 is 0. The van der Waals surface area contributed by atoms with Gasteiger partial charge in [0.2, 0.25) is 0 Å². The van der Waals surface area contributed by atoms with Gasteiger partial charge in [0.15, 0.2) is 0 Å². The Hall–Kier alpha value is -1.69. The number of fused-ring (bicyclic) bond motifs is 1. The van der Waals surface area contributed by atoms with Crippen LogP contribution in [0.3, 0.4) is 0 Å². The van der Waals surface area contributed by atoms with Gasteiger partial charge in [0.1, 0.15) is 6.29 Å². The molecule has 3 rings (SSSR count). The molecule has 2 heterocycles. The molecule has 1 saturated heterocycles. The van der Waals surface area contributed by atoms with E-state index in [0.29, 0.717) is 0 Å². The molecule has 1 aromatic heterocycles. The van der Waals surface area contributed by atoms with Crippen molar-refractivity contribution in [2.75, 3.05) is 19.6 Å². The highest BCUT2D eigenvalue weighted by Gasteiger charge is 2.45. The molecule has 0 bridgehead atoms. The van der Waals surface area contributed by atoms with E-state index >= 15 is 0 Å². The van der Waals surface area contributed by atoms with Crippen molar-refractivity contribution in [3.63, 3.8) is 0 Å². The first-order valence-corrected chi connectivity index (χ1v) is 9.46. The second-order valence-corrected chi connectivity index (χ2v) is 6.95. The van der Waals surface area contributed by atoms with Gasteiger partial charge in [-0.1, -0.05) is 31.0 Å². The summed E-state index contributed by atoms with van der Waals surface area (Å²) >= 11 is 0. The number of aromatic amines is 1. The van der Waals surface area contributed by atoms with Crippen LogP contribution in [-0.4, -0.2) is 36.9 Å². The van der Waals surface area contributed by atoms with Crippen molar-refractivity contribution in [2.45, 2.75) is 50.1 Å². The van der Waals surface area contributed by atoms with E-state index < -0.39 is 5.54 Å². The van der Waals surface area contributed by atoms with Gasteiger partial charge in [-0.15, -0.1) is 0 Å². The van der Waals surface area contributed by atoms with Gasteiger partial charge in [0, 0.05) is 17.8 Å². The zero-order valence-corrected chi connectivity index (χ0v) is 14.8. The lowest BCUT2D eigenvalue weighted by atomic mass is 9.85. The van der Waals surface area contributed by atoms with Crippen molar-refractivity contribution in [2.24, 2.45) is 5.73 Å². The first-order chi connectivity index (χ1) is 12.3. The van der Waals surface area contributed by atoms with Crippen LogP contribution in [0.5, 0.6) is 0 Å². The zero-order chi connectivity index (χ0) is 17.5. The van der Waals surface area contributed by atoms with E-state index in [1.807, 2.05) is 12.1 Å². The van der Waals surface area contributed by atoms with E-state index in [9.17, 15) is 4.79 Å². The topological polar surface area (TPSA) is 85.0 Å². The van der Waals surface area contributed by atoms with E-state index in [2.05, 4.69) is 28.5 Å². The highest BCUT2D eigenvalue weighted by Crippen LogP contribution is 2.36. The summed E-state index contributed by atoms with van der Waals surface area (Å²) in [6, 6.07) is 10.1. The van der Waals surface area contributed by atoms with Crippen molar-refractivity contribution in [1.82, 2.24) is 15.6 Å². The minimum absolute atomic E-state index is 0.280. The van der Waals surface area contributed by atoms with E-state index in [0.717, 1.165) is 75.7 Å². The first-order valence-electron chi connectivity index (χ1n) is 9.46. The van der Waals surface area contributed by atoms with E-state index in [-0.39, 0.29) is 6.04 Å². The predicted octanol–water partition coefficient (Wildman–Crippen LogP) is 2.44. The lowest BCUT2D eigenvalue weighted by Gasteiger charge is -2.33. The number of unbranched alkanes of at least 4 members (excludes halogenated alkanes) is 3. The number of nitrogens with one attached hydrogen (secondary N) is 2. The molecule has 4 N–H and O–H groups in total. The van der Waals surface area contributed by atoms with E-state index in [4.69, 9.17) is 11.1 Å². The second kappa shape index (κ2) is 8.61. The largest absolute Gasteiger partial charge is 0.357 e. The van der Waals surface area contributed by atoms with Gasteiger partial charge >= 0.3 is 0 Å². The molecule has 2 atom stereocenters. The van der Waals surface area contributed by atoms with Gasteiger partial charge in [-0.3, -0.25) is 0 Å². The van der Waals surface area contributed by atoms with Crippen LogP contribution in [0.2, 0.25) is 0 Å². The third kappa shape index (κ3) is 3.94. The minimum Gasteiger partial charge on any atom is -0.357 e. The van der Waals surface area contributed by atoms with Crippen LogP contribution in [-0.2, 0) is 10.3 Å². The number of carbonyl (C=O) groups excluding carboxylic acids is 1. The first kappa shape index (κ1) is 18.1. The number of carbonyl (C=O) groups is 1. The summed E-state index contributed by atoms with van der Waals surface area (Å²) in [6.07, 6.45) is 7.41. The van der Waals surface area contributed by atoms with Crippen molar-refractivity contribution >= 4 is 17.2 Å². The third-order valence-corrected chi connectivity index (χ3v) is 5.25. The lowest BCUT2D eigenvalue weighted by molar-refractivity contribution is -0.111. The summed E-state index contributed by atoms with van der Waals surface area (Å²) in [7, 11) is 0. The molecule has 0 amide bonds. The summed E-state index contributed by atoms with van der Waals surface area (Å²) in [6.45, 7) is 2.41. The molecule has 0 spiro atoms. The average Bonchev–Trinajstić information content (AvgIpc) is 3.28. The minimum atomic E-state index is -0.460. The Labute approximate surface area is 149 Å². The van der Waals surface area contributed by atoms with E-state index in [1.54, 1.807) is 0 Å². The Morgan fingerprint density at radius 2 is 2.12 bits per heavy atom. The van der Waals surface area contributed by atoms with Crippen LogP contribution in [0.15, 0.2) is 30.3 Å². The highest BCUT2D eigenvalue weighted by molar-refractivity contribution is 5.81. The quantitative estimate of drug-likeness (QED) is 0.458. The Morgan fingerprint density at radius 3 is 2.84 bits per heavy atom. The molecule has 1 fully saturated rings. The number of aldehydes is 1. The number of benzene rings is 1. The fourth-order valence-corrected chi connectivity index (χ4v) is 3.86. The maximum atomic E-state index is 11.9. The number of nitrogens with zero attached hydrogens (tertiary/aromatic N) is 1. The SMILES string of the molecule is NCCCCCCNC(C=O)C1(c2cc3ccccc3[nH]2)CCC[N]1. The predicted molar refractivity (Wildman–Crippen MR) is 102 cm³/mol. The molecule has 1 aliphatic rings. The summed E-state index contributed by atoms with van der Waals surface area (Å²) in [5, 5.41) is 9.52. The number of H-pyrrole nitrogens is 1. The van der Waals surface area contributed by atoms with Gasteiger partial charge < -0.3 is 20.8 Å². The van der Waals surface area contributed by atoms with Gasteiger partial charge in [-0.25, -0.2) is 5.32 Å². The average molecular weight is 341 g/mol. The Bertz CT molecular complexity index is 642. The normalized spacial score (nSPS) is 21.6. The summed E-state index contributed by atoms with van der Waals surface area (Å²) in [4.78, 5) is 15.4. The fraction of sp³-hybridized carbons (Fsp3) is 0.550. The van der Waals surface area contributed by atoms with Gasteiger partial charge in [-0.2, -0.15) is 0 Å². The van der Waals surface area contributed by atoms with Gasteiger partial charge in [0.05, 0.1) is 11.6 Å². The summed E-state index contributed by atoms with van der Waals surface area (Å²) in [5.74, 6) is 0. The van der Waals surface area contributed by atoms with E-state index in [1.165, 1.54) is 5.39 Å². The molecule has 0 saturated carbocycles.